The Bertz CT molecular complexity index is 207. The maximum absolute atomic E-state index is 9.49. The zero-order valence-corrected chi connectivity index (χ0v) is 13.7. The Kier molecular flexibility index (Phi) is 14.4. The van der Waals surface area contributed by atoms with Crippen molar-refractivity contribution in [2.24, 2.45) is 11.3 Å². The van der Waals surface area contributed by atoms with Crippen LogP contribution in [0.25, 0.3) is 0 Å². The fourth-order valence-corrected chi connectivity index (χ4v) is 0.996. The van der Waals surface area contributed by atoms with Gasteiger partial charge in [-0.3, -0.25) is 0 Å². The van der Waals surface area contributed by atoms with Gasteiger partial charge >= 0.3 is 0 Å². The van der Waals surface area contributed by atoms with Crippen molar-refractivity contribution >= 4 is 0 Å². The van der Waals surface area contributed by atoms with Crippen molar-refractivity contribution in [3.8, 4) is 0 Å². The standard InChI is InChI=1S/C8H18O2.2C4H8/c1-6(2)7(10)8(3,4)5-9;2*1-4(2)3/h6-7,9-10H,5H2,1-4H3;2*1H2,2-3H3. The minimum Gasteiger partial charge on any atom is -0.396 e. The van der Waals surface area contributed by atoms with Crippen LogP contribution in [-0.2, 0) is 0 Å². The summed E-state index contributed by atoms with van der Waals surface area (Å²) < 4.78 is 0. The van der Waals surface area contributed by atoms with E-state index in [-0.39, 0.29) is 17.9 Å². The van der Waals surface area contributed by atoms with Crippen LogP contribution in [0.3, 0.4) is 0 Å². The third-order valence-electron chi connectivity index (χ3n) is 1.84. The largest absolute Gasteiger partial charge is 0.396 e. The second-order valence-corrected chi connectivity index (χ2v) is 6.25. The first-order valence-electron chi connectivity index (χ1n) is 6.41. The Labute approximate surface area is 114 Å². The molecule has 0 spiro atoms. The average Bonchev–Trinajstić information content (AvgIpc) is 2.14. The zero-order chi connectivity index (χ0) is 15.5. The summed E-state index contributed by atoms with van der Waals surface area (Å²) in [5.41, 5.74) is 1.97. The number of aliphatic hydroxyl groups is 2. The van der Waals surface area contributed by atoms with E-state index in [0.717, 1.165) is 0 Å². The molecule has 0 aromatic carbocycles. The monoisotopic (exact) mass is 258 g/mol. The van der Waals surface area contributed by atoms with Gasteiger partial charge in [-0.05, 0) is 33.6 Å². The van der Waals surface area contributed by atoms with Crippen molar-refractivity contribution in [1.82, 2.24) is 0 Å². The summed E-state index contributed by atoms with van der Waals surface area (Å²) >= 11 is 0. The molecule has 0 aliphatic carbocycles. The summed E-state index contributed by atoms with van der Waals surface area (Å²) in [5.74, 6) is 0.210. The fourth-order valence-electron chi connectivity index (χ4n) is 0.996. The van der Waals surface area contributed by atoms with E-state index in [1.165, 1.54) is 11.1 Å². The molecule has 0 fully saturated rings. The normalized spacial score (nSPS) is 11.7. The Morgan fingerprint density at radius 1 is 1.00 bits per heavy atom. The van der Waals surface area contributed by atoms with E-state index in [0.29, 0.717) is 0 Å². The lowest BCUT2D eigenvalue weighted by molar-refractivity contribution is -0.0204. The quantitative estimate of drug-likeness (QED) is 0.745. The topological polar surface area (TPSA) is 40.5 Å². The first-order valence-corrected chi connectivity index (χ1v) is 6.41. The van der Waals surface area contributed by atoms with Crippen molar-refractivity contribution in [3.63, 3.8) is 0 Å². The number of allylic oxidation sites excluding steroid dienone is 2. The Hall–Kier alpha value is -0.600. The molecule has 0 radical (unpaired) electrons. The first-order chi connectivity index (χ1) is 7.88. The highest BCUT2D eigenvalue weighted by atomic mass is 16.3. The molecule has 0 amide bonds. The van der Waals surface area contributed by atoms with Gasteiger partial charge in [-0.25, -0.2) is 0 Å². The van der Waals surface area contributed by atoms with Gasteiger partial charge in [-0.15, -0.1) is 13.2 Å². The van der Waals surface area contributed by atoms with Crippen LogP contribution in [0.5, 0.6) is 0 Å². The highest BCUT2D eigenvalue weighted by Gasteiger charge is 2.28. The van der Waals surface area contributed by atoms with Gasteiger partial charge in [0, 0.05) is 5.41 Å². The second-order valence-electron chi connectivity index (χ2n) is 6.25. The number of hydrogen-bond acceptors (Lipinski definition) is 2. The summed E-state index contributed by atoms with van der Waals surface area (Å²) in [6.07, 6.45) is -0.419. The Morgan fingerprint density at radius 2 is 1.22 bits per heavy atom. The molecule has 0 rings (SSSR count). The molecule has 1 atom stereocenters. The molecule has 0 aliphatic rings. The van der Waals surface area contributed by atoms with Gasteiger partial charge in [0.1, 0.15) is 0 Å². The number of hydrogen-bond donors (Lipinski definition) is 2. The van der Waals surface area contributed by atoms with E-state index in [9.17, 15) is 5.11 Å². The molecule has 2 nitrogen and oxygen atoms in total. The van der Waals surface area contributed by atoms with Crippen LogP contribution in [0.2, 0.25) is 0 Å². The summed E-state index contributed by atoms with van der Waals surface area (Å²) in [7, 11) is 0. The molecule has 0 aromatic heterocycles. The summed E-state index contributed by atoms with van der Waals surface area (Å²) in [5, 5.41) is 18.3. The van der Waals surface area contributed by atoms with E-state index in [1.54, 1.807) is 0 Å². The lowest BCUT2D eigenvalue weighted by Gasteiger charge is -2.30. The smallest absolute Gasteiger partial charge is 0.0635 e. The van der Waals surface area contributed by atoms with E-state index >= 15 is 0 Å². The fraction of sp³-hybridized carbons (Fsp3) is 0.750. The lowest BCUT2D eigenvalue weighted by Crippen LogP contribution is -2.36. The molecule has 0 saturated heterocycles. The average molecular weight is 258 g/mol. The van der Waals surface area contributed by atoms with E-state index in [2.05, 4.69) is 13.2 Å². The summed E-state index contributed by atoms with van der Waals surface area (Å²) in [4.78, 5) is 0. The van der Waals surface area contributed by atoms with Crippen LogP contribution in [0.15, 0.2) is 24.3 Å². The highest BCUT2D eigenvalue weighted by molar-refractivity contribution is 4.79. The van der Waals surface area contributed by atoms with Gasteiger partial charge in [-0.2, -0.15) is 0 Å². The predicted octanol–water partition coefficient (Wildman–Crippen LogP) is 4.19. The van der Waals surface area contributed by atoms with Crippen molar-refractivity contribution in [2.75, 3.05) is 6.61 Å². The summed E-state index contributed by atoms with van der Waals surface area (Å²) in [6.45, 7) is 22.6. The molecule has 2 N–H and O–H groups in total. The Morgan fingerprint density at radius 3 is 1.28 bits per heavy atom. The third kappa shape index (κ3) is 20.8. The number of aliphatic hydroxyl groups excluding tert-OH is 2. The third-order valence-corrected chi connectivity index (χ3v) is 1.84. The lowest BCUT2D eigenvalue weighted by atomic mass is 9.82. The molecule has 0 saturated carbocycles. The van der Waals surface area contributed by atoms with Crippen molar-refractivity contribution < 1.29 is 10.2 Å². The van der Waals surface area contributed by atoms with Crippen LogP contribution in [0.4, 0.5) is 0 Å². The molecule has 0 heterocycles. The van der Waals surface area contributed by atoms with E-state index in [4.69, 9.17) is 5.11 Å². The van der Waals surface area contributed by atoms with Gasteiger partial charge in [-0.1, -0.05) is 38.8 Å². The van der Waals surface area contributed by atoms with Crippen LogP contribution < -0.4 is 0 Å². The SMILES string of the molecule is C=C(C)C.C=C(C)C.CC(C)C(O)C(C)(C)CO. The van der Waals surface area contributed by atoms with Gasteiger partial charge < -0.3 is 10.2 Å². The zero-order valence-electron chi connectivity index (χ0n) is 13.7. The van der Waals surface area contributed by atoms with Gasteiger partial charge in [0.15, 0.2) is 0 Å². The van der Waals surface area contributed by atoms with Gasteiger partial charge in [0.2, 0.25) is 0 Å². The molecule has 0 aliphatic heterocycles. The first kappa shape index (κ1) is 22.6. The molecule has 0 aromatic rings. The minimum atomic E-state index is -0.419. The predicted molar refractivity (Wildman–Crippen MR) is 82.7 cm³/mol. The van der Waals surface area contributed by atoms with Crippen LogP contribution >= 0.6 is 0 Å². The van der Waals surface area contributed by atoms with E-state index in [1.807, 2.05) is 55.4 Å². The molecule has 0 bridgehead atoms. The molecule has 2 heteroatoms. The maximum atomic E-state index is 9.49. The molecular formula is C16H34O2. The maximum Gasteiger partial charge on any atom is 0.0635 e. The summed E-state index contributed by atoms with van der Waals surface area (Å²) in [6, 6.07) is 0. The van der Waals surface area contributed by atoms with Crippen LogP contribution in [-0.4, -0.2) is 22.9 Å². The van der Waals surface area contributed by atoms with Gasteiger partial charge in [0.25, 0.3) is 0 Å². The van der Waals surface area contributed by atoms with Crippen molar-refractivity contribution in [1.29, 1.82) is 0 Å². The minimum absolute atomic E-state index is 0.0341. The van der Waals surface area contributed by atoms with E-state index < -0.39 is 6.10 Å². The highest BCUT2D eigenvalue weighted by Crippen LogP contribution is 2.24. The van der Waals surface area contributed by atoms with Crippen LogP contribution in [0.1, 0.15) is 55.4 Å². The van der Waals surface area contributed by atoms with Gasteiger partial charge in [0.05, 0.1) is 12.7 Å². The second kappa shape index (κ2) is 11.5. The van der Waals surface area contributed by atoms with Crippen LogP contribution in [0, 0.1) is 11.3 Å². The molecular weight excluding hydrogens is 224 g/mol. The van der Waals surface area contributed by atoms with Crippen molar-refractivity contribution in [3.05, 3.63) is 24.3 Å². The molecule has 110 valence electrons. The number of rotatable bonds is 3. The Balaban J connectivity index is -0.000000233. The molecule has 1 unspecified atom stereocenters. The molecule has 18 heavy (non-hydrogen) atoms. The van der Waals surface area contributed by atoms with Crippen molar-refractivity contribution in [2.45, 2.75) is 61.5 Å².